The number of benzene rings is 10. The number of hydrogen-bond donors (Lipinski definition) is 0. The number of fused-ring (bicyclic) bond motifs is 2. The zero-order valence-corrected chi connectivity index (χ0v) is 32.5. The van der Waals surface area contributed by atoms with Crippen molar-refractivity contribution in [1.82, 2.24) is 0 Å². The number of para-hydroxylation sites is 3. The van der Waals surface area contributed by atoms with Crippen LogP contribution in [0.4, 0.5) is 51.2 Å². The standard InChI is InChI=1S/C56H41N3/c1-4-20-46(21-5-1)57(50-38-40-52(41-39-50)59(48-24-8-3-9-25-48)56-29-15-19-45-17-11-13-27-54(45)56)49-34-30-42(31-35-49)43-32-36-51(37-33-43)58(47-22-6-2-7-23-47)55-28-14-18-44-16-10-12-26-53(44)55/h1-41H. The van der Waals surface area contributed by atoms with E-state index in [-0.39, 0.29) is 0 Å². The zero-order valence-electron chi connectivity index (χ0n) is 32.5. The van der Waals surface area contributed by atoms with Crippen molar-refractivity contribution in [2.24, 2.45) is 0 Å². The lowest BCUT2D eigenvalue weighted by molar-refractivity contribution is 1.26. The highest BCUT2D eigenvalue weighted by molar-refractivity contribution is 6.00. The first-order chi connectivity index (χ1) is 29.3. The van der Waals surface area contributed by atoms with Crippen LogP contribution >= 0.6 is 0 Å². The molecule has 0 bridgehead atoms. The molecule has 3 nitrogen and oxygen atoms in total. The van der Waals surface area contributed by atoms with Gasteiger partial charge in [0.1, 0.15) is 0 Å². The van der Waals surface area contributed by atoms with E-state index >= 15 is 0 Å². The van der Waals surface area contributed by atoms with Crippen LogP contribution < -0.4 is 14.7 Å². The molecule has 0 unspecified atom stereocenters. The van der Waals surface area contributed by atoms with Crippen molar-refractivity contribution in [3.63, 3.8) is 0 Å². The van der Waals surface area contributed by atoms with E-state index in [0.29, 0.717) is 0 Å². The molecule has 0 atom stereocenters. The van der Waals surface area contributed by atoms with Gasteiger partial charge in [0.15, 0.2) is 0 Å². The summed E-state index contributed by atoms with van der Waals surface area (Å²) >= 11 is 0. The van der Waals surface area contributed by atoms with E-state index < -0.39 is 0 Å². The average molecular weight is 756 g/mol. The fourth-order valence-electron chi connectivity index (χ4n) is 8.20. The van der Waals surface area contributed by atoms with Crippen molar-refractivity contribution in [1.29, 1.82) is 0 Å². The third-order valence-corrected chi connectivity index (χ3v) is 11.0. The lowest BCUT2D eigenvalue weighted by Gasteiger charge is -2.29. The Balaban J connectivity index is 0.977. The molecule has 280 valence electrons. The maximum Gasteiger partial charge on any atom is 0.0540 e. The van der Waals surface area contributed by atoms with E-state index in [1.165, 1.54) is 21.5 Å². The Hall–Kier alpha value is -7.88. The Morgan fingerprint density at radius 3 is 0.847 bits per heavy atom. The molecule has 0 saturated heterocycles. The maximum atomic E-state index is 2.35. The molecule has 0 fully saturated rings. The van der Waals surface area contributed by atoms with E-state index in [1.54, 1.807) is 0 Å². The number of rotatable bonds is 10. The summed E-state index contributed by atoms with van der Waals surface area (Å²) in [6.07, 6.45) is 0. The Kier molecular flexibility index (Phi) is 9.59. The smallest absolute Gasteiger partial charge is 0.0540 e. The number of anilines is 9. The highest BCUT2D eigenvalue weighted by atomic mass is 15.2. The number of hydrogen-bond acceptors (Lipinski definition) is 3. The lowest BCUT2D eigenvalue weighted by atomic mass is 10.0. The van der Waals surface area contributed by atoms with Crippen LogP contribution in [0.2, 0.25) is 0 Å². The van der Waals surface area contributed by atoms with Gasteiger partial charge < -0.3 is 14.7 Å². The Labute approximate surface area is 345 Å². The molecular formula is C56H41N3. The molecule has 0 amide bonds. The summed E-state index contributed by atoms with van der Waals surface area (Å²) in [7, 11) is 0. The van der Waals surface area contributed by atoms with Gasteiger partial charge in [-0.15, -0.1) is 0 Å². The summed E-state index contributed by atoms with van der Waals surface area (Å²) in [6, 6.07) is 88.8. The average Bonchev–Trinajstić information content (AvgIpc) is 3.31. The molecule has 0 heterocycles. The molecule has 0 saturated carbocycles. The van der Waals surface area contributed by atoms with Crippen LogP contribution in [0.15, 0.2) is 249 Å². The molecule has 0 spiro atoms. The summed E-state index contributed by atoms with van der Waals surface area (Å²) in [4.78, 5) is 7.02. The van der Waals surface area contributed by atoms with E-state index in [1.807, 2.05) is 0 Å². The summed E-state index contributed by atoms with van der Waals surface area (Å²) < 4.78 is 0. The first-order valence-electron chi connectivity index (χ1n) is 20.1. The van der Waals surface area contributed by atoms with Crippen LogP contribution in [0.25, 0.3) is 32.7 Å². The Morgan fingerprint density at radius 2 is 0.458 bits per heavy atom. The van der Waals surface area contributed by atoms with Gasteiger partial charge >= 0.3 is 0 Å². The van der Waals surface area contributed by atoms with Crippen molar-refractivity contribution < 1.29 is 0 Å². The van der Waals surface area contributed by atoms with Crippen molar-refractivity contribution in [2.75, 3.05) is 14.7 Å². The van der Waals surface area contributed by atoms with Gasteiger partial charge in [-0.2, -0.15) is 0 Å². The largest absolute Gasteiger partial charge is 0.311 e. The second kappa shape index (κ2) is 15.9. The Morgan fingerprint density at radius 1 is 0.186 bits per heavy atom. The van der Waals surface area contributed by atoms with Crippen LogP contribution in [-0.4, -0.2) is 0 Å². The lowest BCUT2D eigenvalue weighted by Crippen LogP contribution is -2.12. The predicted molar refractivity (Wildman–Crippen MR) is 251 cm³/mol. The third kappa shape index (κ3) is 7.07. The second-order valence-electron chi connectivity index (χ2n) is 14.6. The summed E-state index contributed by atoms with van der Waals surface area (Å²) in [5, 5.41) is 4.86. The quantitative estimate of drug-likeness (QED) is 0.138. The van der Waals surface area contributed by atoms with Crippen molar-refractivity contribution >= 4 is 72.7 Å². The van der Waals surface area contributed by atoms with E-state index in [9.17, 15) is 0 Å². The minimum atomic E-state index is 1.08. The topological polar surface area (TPSA) is 9.72 Å². The maximum absolute atomic E-state index is 2.35. The molecule has 0 aliphatic heterocycles. The molecule has 10 aromatic carbocycles. The van der Waals surface area contributed by atoms with Crippen molar-refractivity contribution in [3.8, 4) is 11.1 Å². The summed E-state index contributed by atoms with van der Waals surface area (Å²) in [5.74, 6) is 0. The van der Waals surface area contributed by atoms with Crippen LogP contribution in [0.1, 0.15) is 0 Å². The van der Waals surface area contributed by atoms with Crippen LogP contribution in [0.3, 0.4) is 0 Å². The molecular weight excluding hydrogens is 715 g/mol. The van der Waals surface area contributed by atoms with Gasteiger partial charge in [0.05, 0.1) is 11.4 Å². The minimum Gasteiger partial charge on any atom is -0.311 e. The number of nitrogens with zero attached hydrogens (tertiary/aromatic N) is 3. The molecule has 0 aliphatic carbocycles. The predicted octanol–water partition coefficient (Wildman–Crippen LogP) is 16.1. The van der Waals surface area contributed by atoms with Gasteiger partial charge in [-0.05, 0) is 119 Å². The molecule has 10 rings (SSSR count). The molecule has 0 aromatic heterocycles. The van der Waals surface area contributed by atoms with Gasteiger partial charge in [0, 0.05) is 50.6 Å². The van der Waals surface area contributed by atoms with E-state index in [0.717, 1.165) is 62.3 Å². The minimum absolute atomic E-state index is 1.08. The third-order valence-electron chi connectivity index (χ3n) is 11.0. The highest BCUT2D eigenvalue weighted by Gasteiger charge is 2.19. The summed E-state index contributed by atoms with van der Waals surface area (Å²) in [5.41, 5.74) is 12.3. The molecule has 3 heteroatoms. The van der Waals surface area contributed by atoms with Crippen LogP contribution in [-0.2, 0) is 0 Å². The second-order valence-corrected chi connectivity index (χ2v) is 14.6. The van der Waals surface area contributed by atoms with Gasteiger partial charge in [-0.3, -0.25) is 0 Å². The van der Waals surface area contributed by atoms with Gasteiger partial charge in [0.25, 0.3) is 0 Å². The first kappa shape index (κ1) is 35.5. The van der Waals surface area contributed by atoms with Gasteiger partial charge in [-0.25, -0.2) is 0 Å². The highest BCUT2D eigenvalue weighted by Crippen LogP contribution is 2.43. The van der Waals surface area contributed by atoms with Crippen LogP contribution in [0.5, 0.6) is 0 Å². The summed E-state index contributed by atoms with van der Waals surface area (Å²) in [6.45, 7) is 0. The Bertz CT molecular complexity index is 2950. The molecule has 59 heavy (non-hydrogen) atoms. The van der Waals surface area contributed by atoms with Gasteiger partial charge in [0.2, 0.25) is 0 Å². The fraction of sp³-hybridized carbons (Fsp3) is 0. The molecule has 0 N–H and O–H groups in total. The molecule has 0 aliphatic rings. The SMILES string of the molecule is c1ccc(N(c2ccc(-c3ccc(N(c4ccccc4)c4cccc5ccccc45)cc3)cc2)c2ccc(N(c3ccccc3)c3cccc4ccccc34)cc2)cc1. The zero-order chi connectivity index (χ0) is 39.4. The van der Waals surface area contributed by atoms with Crippen molar-refractivity contribution in [2.45, 2.75) is 0 Å². The molecule has 10 aromatic rings. The molecule has 0 radical (unpaired) electrons. The monoisotopic (exact) mass is 755 g/mol. The van der Waals surface area contributed by atoms with E-state index in [2.05, 4.69) is 263 Å². The normalized spacial score (nSPS) is 11.1. The van der Waals surface area contributed by atoms with Gasteiger partial charge in [-0.1, -0.05) is 152 Å². The van der Waals surface area contributed by atoms with Crippen LogP contribution in [0, 0.1) is 0 Å². The fourth-order valence-corrected chi connectivity index (χ4v) is 8.20. The van der Waals surface area contributed by atoms with E-state index in [4.69, 9.17) is 0 Å². The first-order valence-corrected chi connectivity index (χ1v) is 20.1. The van der Waals surface area contributed by atoms with Crippen molar-refractivity contribution in [3.05, 3.63) is 249 Å².